The molecule has 0 fully saturated rings. The van der Waals surface area contributed by atoms with Crippen molar-refractivity contribution in [2.24, 2.45) is 5.92 Å². The second-order valence-corrected chi connectivity index (χ2v) is 6.92. The summed E-state index contributed by atoms with van der Waals surface area (Å²) in [6.45, 7) is 5.74. The number of nitrogens with one attached hydrogen (secondary N) is 1. The third-order valence-corrected chi connectivity index (χ3v) is 4.20. The molecule has 1 aromatic rings. The highest BCUT2D eigenvalue weighted by molar-refractivity contribution is 9.10. The standard InChI is InChI=1S/C19H26BrNO3/c1-5-6-7-17(21-18(22)13(2)3)16(19(23)24-4)12-14-8-10-15(20)11-9-14/h8-11,13H,5-7,12H2,1-4H3,(H,21,22). The fourth-order valence-corrected chi connectivity index (χ4v) is 2.43. The van der Waals surface area contributed by atoms with E-state index in [1.807, 2.05) is 38.1 Å². The lowest BCUT2D eigenvalue weighted by atomic mass is 10.00. The van der Waals surface area contributed by atoms with Crippen LogP contribution < -0.4 is 5.32 Å². The van der Waals surface area contributed by atoms with Gasteiger partial charge in [-0.15, -0.1) is 0 Å². The molecule has 0 heterocycles. The average molecular weight is 396 g/mol. The first kappa shape index (κ1) is 20.4. The van der Waals surface area contributed by atoms with Gasteiger partial charge in [-0.25, -0.2) is 4.79 Å². The number of rotatable bonds is 8. The smallest absolute Gasteiger partial charge is 0.335 e. The van der Waals surface area contributed by atoms with Crippen LogP contribution in [0.3, 0.4) is 0 Å². The maximum Gasteiger partial charge on any atom is 0.335 e. The molecule has 0 aliphatic rings. The van der Waals surface area contributed by atoms with Crippen molar-refractivity contribution in [3.8, 4) is 0 Å². The molecule has 4 nitrogen and oxygen atoms in total. The van der Waals surface area contributed by atoms with Gasteiger partial charge < -0.3 is 10.1 Å². The van der Waals surface area contributed by atoms with Gasteiger partial charge in [-0.05, 0) is 30.5 Å². The van der Waals surface area contributed by atoms with Crippen LogP contribution in [0.4, 0.5) is 0 Å². The molecule has 1 aromatic carbocycles. The Morgan fingerprint density at radius 1 is 1.21 bits per heavy atom. The van der Waals surface area contributed by atoms with Gasteiger partial charge in [0.05, 0.1) is 12.7 Å². The van der Waals surface area contributed by atoms with Crippen molar-refractivity contribution in [1.29, 1.82) is 0 Å². The summed E-state index contributed by atoms with van der Waals surface area (Å²) in [6, 6.07) is 7.77. The molecule has 0 bridgehead atoms. The van der Waals surface area contributed by atoms with Gasteiger partial charge in [0.15, 0.2) is 0 Å². The molecule has 0 aliphatic carbocycles. The zero-order valence-electron chi connectivity index (χ0n) is 14.8. The Morgan fingerprint density at radius 3 is 2.33 bits per heavy atom. The minimum absolute atomic E-state index is 0.0849. The molecule has 0 unspecified atom stereocenters. The number of hydrogen-bond donors (Lipinski definition) is 1. The third kappa shape index (κ3) is 6.48. The maximum absolute atomic E-state index is 12.3. The highest BCUT2D eigenvalue weighted by Crippen LogP contribution is 2.19. The molecule has 0 radical (unpaired) electrons. The topological polar surface area (TPSA) is 55.4 Å². The number of benzene rings is 1. The summed E-state index contributed by atoms with van der Waals surface area (Å²) in [6.07, 6.45) is 2.95. The zero-order valence-corrected chi connectivity index (χ0v) is 16.4. The van der Waals surface area contributed by atoms with E-state index in [4.69, 9.17) is 4.74 Å². The van der Waals surface area contributed by atoms with Gasteiger partial charge >= 0.3 is 5.97 Å². The highest BCUT2D eigenvalue weighted by atomic mass is 79.9. The predicted octanol–water partition coefficient (Wildman–Crippen LogP) is 4.38. The lowest BCUT2D eigenvalue weighted by Crippen LogP contribution is -2.30. The number of unbranched alkanes of at least 4 members (excludes halogenated alkanes) is 1. The van der Waals surface area contributed by atoms with Crippen molar-refractivity contribution in [2.45, 2.75) is 46.5 Å². The Morgan fingerprint density at radius 2 is 1.83 bits per heavy atom. The van der Waals surface area contributed by atoms with Gasteiger partial charge in [0.1, 0.15) is 0 Å². The Labute approximate surface area is 152 Å². The molecule has 0 aliphatic heterocycles. The second kappa shape index (κ2) is 10.3. The number of hydrogen-bond acceptors (Lipinski definition) is 3. The molecule has 24 heavy (non-hydrogen) atoms. The van der Waals surface area contributed by atoms with E-state index >= 15 is 0 Å². The number of methoxy groups -OCH3 is 1. The molecular formula is C19H26BrNO3. The molecule has 0 spiro atoms. The Hall–Kier alpha value is -1.62. The fourth-order valence-electron chi connectivity index (χ4n) is 2.17. The van der Waals surface area contributed by atoms with E-state index < -0.39 is 5.97 Å². The molecule has 0 saturated heterocycles. The van der Waals surface area contributed by atoms with E-state index in [1.165, 1.54) is 7.11 Å². The number of halogens is 1. The summed E-state index contributed by atoms with van der Waals surface area (Å²) in [7, 11) is 1.37. The molecular weight excluding hydrogens is 370 g/mol. The monoisotopic (exact) mass is 395 g/mol. The van der Waals surface area contributed by atoms with Gasteiger partial charge in [0.2, 0.25) is 5.91 Å². The summed E-state index contributed by atoms with van der Waals surface area (Å²) in [5, 5.41) is 2.93. The van der Waals surface area contributed by atoms with Crippen LogP contribution in [0.5, 0.6) is 0 Å². The number of esters is 1. The lowest BCUT2D eigenvalue weighted by Gasteiger charge is -2.17. The summed E-state index contributed by atoms with van der Waals surface area (Å²) in [5.74, 6) is -0.625. The van der Waals surface area contributed by atoms with Crippen molar-refractivity contribution < 1.29 is 14.3 Å². The summed E-state index contributed by atoms with van der Waals surface area (Å²) in [4.78, 5) is 24.4. The number of ether oxygens (including phenoxy) is 1. The minimum Gasteiger partial charge on any atom is -0.466 e. The van der Waals surface area contributed by atoms with Crippen molar-refractivity contribution in [3.63, 3.8) is 0 Å². The van der Waals surface area contributed by atoms with Gasteiger partial charge in [0, 0.05) is 22.5 Å². The number of amides is 1. The predicted molar refractivity (Wildman–Crippen MR) is 99.4 cm³/mol. The van der Waals surface area contributed by atoms with Gasteiger partial charge in [-0.2, -0.15) is 0 Å². The average Bonchev–Trinajstić information content (AvgIpc) is 2.57. The first-order valence-corrected chi connectivity index (χ1v) is 9.04. The number of allylic oxidation sites excluding steroid dienone is 1. The lowest BCUT2D eigenvalue weighted by molar-refractivity contribution is -0.136. The Balaban J connectivity index is 3.19. The Kier molecular flexibility index (Phi) is 8.76. The van der Waals surface area contributed by atoms with Gasteiger partial charge in [-0.1, -0.05) is 55.3 Å². The molecule has 0 aromatic heterocycles. The summed E-state index contributed by atoms with van der Waals surface area (Å²) in [5.41, 5.74) is 2.18. The SMILES string of the molecule is CCCCC(NC(=O)C(C)C)=C(Cc1ccc(Br)cc1)C(=O)OC. The van der Waals surface area contributed by atoms with Crippen LogP contribution in [-0.2, 0) is 20.7 Å². The van der Waals surface area contributed by atoms with E-state index in [0.717, 1.165) is 22.9 Å². The third-order valence-electron chi connectivity index (χ3n) is 3.67. The van der Waals surface area contributed by atoms with Gasteiger partial charge in [0.25, 0.3) is 0 Å². The van der Waals surface area contributed by atoms with E-state index in [0.29, 0.717) is 24.1 Å². The van der Waals surface area contributed by atoms with E-state index in [1.54, 1.807) is 0 Å². The van der Waals surface area contributed by atoms with E-state index in [-0.39, 0.29) is 11.8 Å². The van der Waals surface area contributed by atoms with Crippen LogP contribution in [-0.4, -0.2) is 19.0 Å². The molecule has 0 atom stereocenters. The van der Waals surface area contributed by atoms with Crippen molar-refractivity contribution >= 4 is 27.8 Å². The summed E-state index contributed by atoms with van der Waals surface area (Å²) >= 11 is 3.41. The normalized spacial score (nSPS) is 11.9. The maximum atomic E-state index is 12.3. The molecule has 0 saturated carbocycles. The molecule has 5 heteroatoms. The minimum atomic E-state index is -0.395. The van der Waals surface area contributed by atoms with Crippen molar-refractivity contribution in [2.75, 3.05) is 7.11 Å². The summed E-state index contributed by atoms with van der Waals surface area (Å²) < 4.78 is 5.93. The quantitative estimate of drug-likeness (QED) is 0.524. The highest BCUT2D eigenvalue weighted by Gasteiger charge is 2.19. The second-order valence-electron chi connectivity index (χ2n) is 6.00. The molecule has 1 amide bonds. The number of carbonyl (C=O) groups excluding carboxylic acids is 2. The number of carbonyl (C=O) groups is 2. The molecule has 1 N–H and O–H groups in total. The zero-order chi connectivity index (χ0) is 18.1. The van der Waals surface area contributed by atoms with Crippen LogP contribution in [0.15, 0.2) is 40.0 Å². The largest absolute Gasteiger partial charge is 0.466 e. The van der Waals surface area contributed by atoms with Crippen LogP contribution in [0.1, 0.15) is 45.6 Å². The van der Waals surface area contributed by atoms with Crippen LogP contribution >= 0.6 is 15.9 Å². The van der Waals surface area contributed by atoms with Crippen LogP contribution in [0.25, 0.3) is 0 Å². The van der Waals surface area contributed by atoms with Crippen molar-refractivity contribution in [3.05, 3.63) is 45.6 Å². The van der Waals surface area contributed by atoms with Crippen LogP contribution in [0.2, 0.25) is 0 Å². The van der Waals surface area contributed by atoms with E-state index in [2.05, 4.69) is 28.2 Å². The van der Waals surface area contributed by atoms with Gasteiger partial charge in [-0.3, -0.25) is 4.79 Å². The fraction of sp³-hybridized carbons (Fsp3) is 0.474. The molecule has 1 rings (SSSR count). The van der Waals surface area contributed by atoms with Crippen molar-refractivity contribution in [1.82, 2.24) is 5.32 Å². The first-order chi connectivity index (χ1) is 11.4. The first-order valence-electron chi connectivity index (χ1n) is 8.24. The van der Waals surface area contributed by atoms with E-state index in [9.17, 15) is 9.59 Å². The van der Waals surface area contributed by atoms with Crippen LogP contribution in [0, 0.1) is 5.92 Å². The molecule has 132 valence electrons. The Bertz CT molecular complexity index is 591.